The van der Waals surface area contributed by atoms with Crippen LogP contribution in [0.25, 0.3) is 27.8 Å². The van der Waals surface area contributed by atoms with Crippen LogP contribution < -0.4 is 29.3 Å². The van der Waals surface area contributed by atoms with Gasteiger partial charge in [-0.1, -0.05) is 73.0 Å². The highest BCUT2D eigenvalue weighted by molar-refractivity contribution is 9.10. The molecule has 2 heterocycles. The van der Waals surface area contributed by atoms with Crippen LogP contribution in [-0.2, 0) is 12.0 Å². The van der Waals surface area contributed by atoms with E-state index in [9.17, 15) is 0 Å². The molecule has 1 aliphatic rings. The second kappa shape index (κ2) is 10.1. The van der Waals surface area contributed by atoms with Gasteiger partial charge in [0.2, 0.25) is 5.69 Å². The van der Waals surface area contributed by atoms with Crippen LogP contribution in [0.3, 0.4) is 0 Å². The molecule has 0 saturated heterocycles. The lowest BCUT2D eigenvalue weighted by atomic mass is 9.81. The fourth-order valence-corrected chi connectivity index (χ4v) is 5.90. The Morgan fingerprint density at radius 1 is 0.971 bits per heavy atom. The first-order chi connectivity index (χ1) is 16.0. The van der Waals surface area contributed by atoms with Gasteiger partial charge in [0.15, 0.2) is 5.71 Å². The van der Waals surface area contributed by atoms with Crippen LogP contribution in [0.15, 0.2) is 59.1 Å². The summed E-state index contributed by atoms with van der Waals surface area (Å²) in [4.78, 5) is 0. The molecule has 0 unspecified atom stereocenters. The Labute approximate surface area is 228 Å². The van der Waals surface area contributed by atoms with Gasteiger partial charge in [-0.15, -0.1) is 0 Å². The number of aromatic nitrogens is 1. The number of hydrogen-bond donors (Lipinski definition) is 0. The first-order valence-electron chi connectivity index (χ1n) is 12.4. The van der Waals surface area contributed by atoms with E-state index >= 15 is 0 Å². The minimum absolute atomic E-state index is 0. The van der Waals surface area contributed by atoms with Crippen molar-refractivity contribution in [1.82, 2.24) is 4.57 Å². The zero-order chi connectivity index (χ0) is 23.2. The Morgan fingerprint density at radius 2 is 1.71 bits per heavy atom. The first-order valence-corrected chi connectivity index (χ1v) is 13.2. The summed E-state index contributed by atoms with van der Waals surface area (Å²) < 4.78 is 6.31. The lowest BCUT2D eigenvalue weighted by Crippen LogP contribution is -3.00. The highest BCUT2D eigenvalue weighted by Gasteiger charge is 2.44. The third-order valence-electron chi connectivity index (χ3n) is 7.34. The Hall–Kier alpha value is -1.66. The first kappa shape index (κ1) is 25.4. The van der Waals surface area contributed by atoms with Gasteiger partial charge in [0.25, 0.3) is 0 Å². The largest absolute Gasteiger partial charge is 1.00 e. The molecule has 0 amide bonds. The molecule has 1 aliphatic heterocycles. The highest BCUT2D eigenvalue weighted by atomic mass is 127. The predicted molar refractivity (Wildman–Crippen MR) is 146 cm³/mol. The molecule has 2 nitrogen and oxygen atoms in total. The average Bonchev–Trinajstić information content (AvgIpc) is 3.22. The second-order valence-electron chi connectivity index (χ2n) is 9.89. The average molecular weight is 629 g/mol. The quantitative estimate of drug-likeness (QED) is 0.206. The van der Waals surface area contributed by atoms with Gasteiger partial charge < -0.3 is 28.5 Å². The van der Waals surface area contributed by atoms with Crippen LogP contribution in [0.1, 0.15) is 58.9 Å². The number of nitrogens with zero attached hydrogens (tertiary/aromatic N) is 2. The molecule has 0 radical (unpaired) electrons. The zero-order valence-electron chi connectivity index (χ0n) is 20.7. The van der Waals surface area contributed by atoms with Crippen molar-refractivity contribution >= 4 is 55.1 Å². The van der Waals surface area contributed by atoms with E-state index in [-0.39, 0.29) is 29.4 Å². The van der Waals surface area contributed by atoms with E-state index in [4.69, 9.17) is 0 Å². The molecule has 178 valence electrons. The van der Waals surface area contributed by atoms with Crippen molar-refractivity contribution in [3.8, 4) is 0 Å². The molecule has 5 rings (SSSR count). The third-order valence-corrected chi connectivity index (χ3v) is 7.83. The van der Waals surface area contributed by atoms with Crippen LogP contribution in [0, 0.1) is 0 Å². The van der Waals surface area contributed by atoms with E-state index in [0.717, 1.165) is 17.6 Å². The van der Waals surface area contributed by atoms with E-state index in [0.29, 0.717) is 0 Å². The number of benzene rings is 3. The van der Waals surface area contributed by atoms with Crippen LogP contribution in [0.2, 0.25) is 0 Å². The monoisotopic (exact) mass is 628 g/mol. The van der Waals surface area contributed by atoms with Crippen molar-refractivity contribution in [2.24, 2.45) is 0 Å². The molecule has 0 N–H and O–H groups in total. The van der Waals surface area contributed by atoms with E-state index in [1.54, 1.807) is 0 Å². The summed E-state index contributed by atoms with van der Waals surface area (Å²) in [6, 6.07) is 20.3. The molecule has 4 aromatic rings. The van der Waals surface area contributed by atoms with Crippen LogP contribution in [0.4, 0.5) is 5.69 Å². The molecule has 0 saturated carbocycles. The number of rotatable bonds is 7. The Morgan fingerprint density at radius 3 is 2.44 bits per heavy atom. The second-order valence-corrected chi connectivity index (χ2v) is 10.8. The molecule has 0 bridgehead atoms. The summed E-state index contributed by atoms with van der Waals surface area (Å²) in [6.07, 6.45) is 7.27. The number of fused-ring (bicyclic) bond motifs is 1. The van der Waals surface area contributed by atoms with Crippen molar-refractivity contribution in [2.75, 3.05) is 6.54 Å². The Bertz CT molecular complexity index is 1420. The van der Waals surface area contributed by atoms with Crippen molar-refractivity contribution in [1.29, 1.82) is 0 Å². The molecule has 1 aromatic heterocycles. The van der Waals surface area contributed by atoms with Gasteiger partial charge >= 0.3 is 0 Å². The zero-order valence-corrected chi connectivity index (χ0v) is 24.4. The molecule has 34 heavy (non-hydrogen) atoms. The predicted octanol–water partition coefficient (Wildman–Crippen LogP) is 4.74. The molecule has 0 atom stereocenters. The van der Waals surface area contributed by atoms with Crippen molar-refractivity contribution in [2.45, 2.75) is 65.3 Å². The Balaban J connectivity index is 0.00000274. The maximum atomic E-state index is 3.72. The topological polar surface area (TPSA) is 7.94 Å². The van der Waals surface area contributed by atoms with E-state index in [1.165, 1.54) is 69.7 Å². The van der Waals surface area contributed by atoms with Gasteiger partial charge in [0.05, 0.1) is 10.8 Å². The highest BCUT2D eigenvalue weighted by Crippen LogP contribution is 2.41. The molecule has 0 fully saturated rings. The maximum Gasteiger partial charge on any atom is 0.209 e. The summed E-state index contributed by atoms with van der Waals surface area (Å²) in [5.41, 5.74) is 5.48. The SMILES string of the molecule is CCCCn1/c(=C/C2=[N+](CCCC)c3ccc(Br)cc3C2(C)C)c2cccc3cccc1c32.[I-]. The van der Waals surface area contributed by atoms with Crippen LogP contribution in [0.5, 0.6) is 0 Å². The fraction of sp³-hybridized carbons (Fsp3) is 0.367. The van der Waals surface area contributed by atoms with Gasteiger partial charge in [-0.3, -0.25) is 0 Å². The molecular weight excluding hydrogens is 595 g/mol. The summed E-state index contributed by atoms with van der Waals surface area (Å²) in [5, 5.41) is 5.46. The van der Waals surface area contributed by atoms with Crippen LogP contribution >= 0.6 is 15.9 Å². The van der Waals surface area contributed by atoms with Gasteiger partial charge in [-0.05, 0) is 43.9 Å². The standard InChI is InChI=1S/C30H34BrN2.HI/c1-5-7-17-32-26-14-10-12-21-11-9-13-23(29(21)26)27(32)20-28-30(3,4)24-19-22(31)15-16-25(24)33(28)18-8-6-2;/h9-16,19-20H,5-8,17-18H2,1-4H3;1H/q+1;/p-1. The van der Waals surface area contributed by atoms with Gasteiger partial charge in [-0.2, -0.15) is 4.58 Å². The van der Waals surface area contributed by atoms with Gasteiger partial charge in [0.1, 0.15) is 6.54 Å². The molecular formula is C30H34BrIN2. The van der Waals surface area contributed by atoms with E-state index in [1.807, 2.05) is 0 Å². The Kier molecular flexibility index (Phi) is 7.58. The summed E-state index contributed by atoms with van der Waals surface area (Å²) >= 11 is 3.72. The van der Waals surface area contributed by atoms with Crippen LogP contribution in [-0.4, -0.2) is 21.4 Å². The summed E-state index contributed by atoms with van der Waals surface area (Å²) in [7, 11) is 0. The maximum absolute atomic E-state index is 3.72. The smallest absolute Gasteiger partial charge is 0.209 e. The minimum atomic E-state index is -0.0566. The third kappa shape index (κ3) is 4.15. The number of hydrogen-bond acceptors (Lipinski definition) is 0. The van der Waals surface area contributed by atoms with Crippen molar-refractivity contribution in [3.63, 3.8) is 0 Å². The van der Waals surface area contributed by atoms with E-state index < -0.39 is 0 Å². The van der Waals surface area contributed by atoms with E-state index in [2.05, 4.69) is 113 Å². The lowest BCUT2D eigenvalue weighted by Gasteiger charge is -2.16. The van der Waals surface area contributed by atoms with Crippen molar-refractivity contribution in [3.05, 3.63) is 70.0 Å². The lowest BCUT2D eigenvalue weighted by molar-refractivity contribution is -0.437. The normalized spacial score (nSPS) is 15.4. The number of aryl methyl sites for hydroxylation is 1. The molecule has 3 aromatic carbocycles. The van der Waals surface area contributed by atoms with Crippen molar-refractivity contribution < 1.29 is 28.6 Å². The number of halogens is 2. The van der Waals surface area contributed by atoms with Gasteiger partial charge in [0, 0.05) is 51.4 Å². The van der Waals surface area contributed by atoms with Gasteiger partial charge in [-0.25, -0.2) is 0 Å². The molecule has 4 heteroatoms. The number of unbranched alkanes of at least 4 members (excludes halogenated alkanes) is 2. The minimum Gasteiger partial charge on any atom is -1.00 e. The molecule has 0 aliphatic carbocycles. The summed E-state index contributed by atoms with van der Waals surface area (Å²) in [6.45, 7) is 11.4. The fourth-order valence-electron chi connectivity index (χ4n) is 5.54. The summed E-state index contributed by atoms with van der Waals surface area (Å²) in [5.74, 6) is 0. The molecule has 0 spiro atoms.